The van der Waals surface area contributed by atoms with Crippen molar-refractivity contribution in [3.05, 3.63) is 0 Å². The number of carboxylic acid groups (broad SMARTS) is 1. The summed E-state index contributed by atoms with van der Waals surface area (Å²) in [5.74, 6) is -0.826. The zero-order valence-corrected chi connectivity index (χ0v) is 9.05. The zero-order chi connectivity index (χ0) is 11.0. The van der Waals surface area contributed by atoms with Gasteiger partial charge in [0, 0.05) is 6.61 Å². The Labute approximate surface area is 85.3 Å². The van der Waals surface area contributed by atoms with E-state index in [-0.39, 0.29) is 6.61 Å². The predicted molar refractivity (Wildman–Crippen MR) is 55.3 cm³/mol. The van der Waals surface area contributed by atoms with Crippen LogP contribution in [0, 0.1) is 0 Å². The quantitative estimate of drug-likeness (QED) is 0.515. The lowest BCUT2D eigenvalue weighted by Crippen LogP contribution is -2.46. The van der Waals surface area contributed by atoms with E-state index in [1.807, 2.05) is 0 Å². The summed E-state index contributed by atoms with van der Waals surface area (Å²) >= 11 is 0. The molecule has 0 aromatic rings. The summed E-state index contributed by atoms with van der Waals surface area (Å²) in [6.45, 7) is 4.27. The van der Waals surface area contributed by atoms with Crippen LogP contribution < -0.4 is 5.32 Å². The Hall–Kier alpha value is -0.610. The van der Waals surface area contributed by atoms with Crippen LogP contribution in [0.25, 0.3) is 0 Å². The standard InChI is InChI=1S/C10H21NO3/c1-10(2,9(13)14)11-7-5-3-4-6-8-12/h11-12H,3-8H2,1-2H3,(H,13,14). The van der Waals surface area contributed by atoms with Gasteiger partial charge in [-0.15, -0.1) is 0 Å². The molecule has 0 radical (unpaired) electrons. The minimum absolute atomic E-state index is 0.244. The number of aliphatic hydroxyl groups is 1. The first-order valence-electron chi connectivity index (χ1n) is 5.10. The van der Waals surface area contributed by atoms with Gasteiger partial charge in [0.2, 0.25) is 0 Å². The average molecular weight is 203 g/mol. The van der Waals surface area contributed by atoms with E-state index in [4.69, 9.17) is 10.2 Å². The highest BCUT2D eigenvalue weighted by atomic mass is 16.4. The summed E-state index contributed by atoms with van der Waals surface area (Å²) < 4.78 is 0. The Morgan fingerprint density at radius 1 is 1.21 bits per heavy atom. The molecule has 0 saturated heterocycles. The molecule has 0 bridgehead atoms. The lowest BCUT2D eigenvalue weighted by Gasteiger charge is -2.20. The van der Waals surface area contributed by atoms with Gasteiger partial charge in [-0.1, -0.05) is 12.8 Å². The molecule has 0 heterocycles. The molecule has 0 aliphatic rings. The number of carbonyl (C=O) groups is 1. The van der Waals surface area contributed by atoms with Crippen molar-refractivity contribution in [3.8, 4) is 0 Å². The van der Waals surface area contributed by atoms with Crippen LogP contribution in [0.5, 0.6) is 0 Å². The minimum Gasteiger partial charge on any atom is -0.480 e. The van der Waals surface area contributed by atoms with Gasteiger partial charge >= 0.3 is 5.97 Å². The third kappa shape index (κ3) is 5.94. The second-order valence-corrected chi connectivity index (χ2v) is 3.99. The van der Waals surface area contributed by atoms with Crippen molar-refractivity contribution in [2.45, 2.75) is 45.1 Å². The van der Waals surface area contributed by atoms with Crippen molar-refractivity contribution in [1.29, 1.82) is 0 Å². The molecule has 0 aromatic heterocycles. The third-order valence-electron chi connectivity index (χ3n) is 2.19. The van der Waals surface area contributed by atoms with Crippen molar-refractivity contribution in [2.24, 2.45) is 0 Å². The molecule has 4 nitrogen and oxygen atoms in total. The topological polar surface area (TPSA) is 69.6 Å². The summed E-state index contributed by atoms with van der Waals surface area (Å²) in [5.41, 5.74) is -0.836. The summed E-state index contributed by atoms with van der Waals surface area (Å²) in [6, 6.07) is 0. The van der Waals surface area contributed by atoms with Gasteiger partial charge in [-0.3, -0.25) is 4.79 Å². The maximum absolute atomic E-state index is 10.7. The number of unbranched alkanes of at least 4 members (excludes halogenated alkanes) is 3. The first-order chi connectivity index (χ1) is 6.50. The van der Waals surface area contributed by atoms with Gasteiger partial charge in [-0.2, -0.15) is 0 Å². The van der Waals surface area contributed by atoms with Gasteiger partial charge in [0.05, 0.1) is 0 Å². The van der Waals surface area contributed by atoms with Crippen LogP contribution in [0.3, 0.4) is 0 Å². The van der Waals surface area contributed by atoms with Crippen LogP contribution in [0.2, 0.25) is 0 Å². The highest BCUT2D eigenvalue weighted by Gasteiger charge is 2.25. The number of hydrogen-bond acceptors (Lipinski definition) is 3. The molecule has 0 aromatic carbocycles. The van der Waals surface area contributed by atoms with Crippen molar-refractivity contribution in [3.63, 3.8) is 0 Å². The number of rotatable bonds is 8. The summed E-state index contributed by atoms with van der Waals surface area (Å²) in [4.78, 5) is 10.7. The number of aliphatic hydroxyl groups excluding tert-OH is 1. The van der Waals surface area contributed by atoms with E-state index in [1.54, 1.807) is 13.8 Å². The lowest BCUT2D eigenvalue weighted by molar-refractivity contribution is -0.143. The second kappa shape index (κ2) is 6.79. The molecule has 0 aliphatic carbocycles. The van der Waals surface area contributed by atoms with Crippen molar-refractivity contribution >= 4 is 5.97 Å². The van der Waals surface area contributed by atoms with Gasteiger partial charge in [0.15, 0.2) is 0 Å². The number of nitrogens with one attached hydrogen (secondary N) is 1. The van der Waals surface area contributed by atoms with Crippen molar-refractivity contribution in [2.75, 3.05) is 13.2 Å². The SMILES string of the molecule is CC(C)(NCCCCCCO)C(=O)O. The summed E-state index contributed by atoms with van der Waals surface area (Å²) in [6.07, 6.45) is 3.83. The Morgan fingerprint density at radius 2 is 1.79 bits per heavy atom. The van der Waals surface area contributed by atoms with Crippen LogP contribution in [0.4, 0.5) is 0 Å². The maximum atomic E-state index is 10.7. The monoisotopic (exact) mass is 203 g/mol. The van der Waals surface area contributed by atoms with Gasteiger partial charge in [0.25, 0.3) is 0 Å². The molecule has 0 saturated carbocycles. The van der Waals surface area contributed by atoms with E-state index in [0.717, 1.165) is 25.7 Å². The molecular formula is C10H21NO3. The molecule has 0 aliphatic heterocycles. The van der Waals surface area contributed by atoms with Crippen molar-refractivity contribution < 1.29 is 15.0 Å². The predicted octanol–water partition coefficient (Wildman–Crippen LogP) is 0.992. The molecule has 0 unspecified atom stereocenters. The van der Waals surface area contributed by atoms with E-state index >= 15 is 0 Å². The number of aliphatic carboxylic acids is 1. The molecule has 4 heteroatoms. The fourth-order valence-electron chi connectivity index (χ4n) is 1.07. The Kier molecular flexibility index (Phi) is 6.49. The van der Waals surface area contributed by atoms with Gasteiger partial charge in [-0.05, 0) is 33.2 Å². The molecule has 3 N–H and O–H groups in total. The molecule has 0 fully saturated rings. The van der Waals surface area contributed by atoms with Gasteiger partial charge < -0.3 is 15.5 Å². The fourth-order valence-corrected chi connectivity index (χ4v) is 1.07. The molecule has 0 spiro atoms. The van der Waals surface area contributed by atoms with E-state index < -0.39 is 11.5 Å². The van der Waals surface area contributed by atoms with Crippen LogP contribution in [0.1, 0.15) is 39.5 Å². The highest BCUT2D eigenvalue weighted by Crippen LogP contribution is 2.03. The van der Waals surface area contributed by atoms with Crippen LogP contribution in [0.15, 0.2) is 0 Å². The lowest BCUT2D eigenvalue weighted by atomic mass is 10.1. The summed E-state index contributed by atoms with van der Waals surface area (Å²) in [7, 11) is 0. The number of carboxylic acids is 1. The first-order valence-corrected chi connectivity index (χ1v) is 5.10. The highest BCUT2D eigenvalue weighted by molar-refractivity contribution is 5.77. The maximum Gasteiger partial charge on any atom is 0.323 e. The number of hydrogen-bond donors (Lipinski definition) is 3. The van der Waals surface area contributed by atoms with Crippen LogP contribution in [-0.2, 0) is 4.79 Å². The smallest absolute Gasteiger partial charge is 0.323 e. The summed E-state index contributed by atoms with van der Waals surface area (Å²) in [5, 5.41) is 20.3. The van der Waals surface area contributed by atoms with Crippen LogP contribution in [-0.4, -0.2) is 34.9 Å². The van der Waals surface area contributed by atoms with Gasteiger partial charge in [-0.25, -0.2) is 0 Å². The molecule has 0 amide bonds. The Bertz CT molecular complexity index is 169. The van der Waals surface area contributed by atoms with E-state index in [0.29, 0.717) is 6.54 Å². The Balaban J connectivity index is 3.40. The molecular weight excluding hydrogens is 182 g/mol. The van der Waals surface area contributed by atoms with Crippen LogP contribution >= 0.6 is 0 Å². The first kappa shape index (κ1) is 13.4. The third-order valence-corrected chi connectivity index (χ3v) is 2.19. The minimum atomic E-state index is -0.836. The van der Waals surface area contributed by atoms with Crippen molar-refractivity contribution in [1.82, 2.24) is 5.32 Å². The van der Waals surface area contributed by atoms with E-state index in [9.17, 15) is 4.79 Å². The molecule has 84 valence electrons. The normalized spacial score (nSPS) is 11.6. The molecule has 14 heavy (non-hydrogen) atoms. The molecule has 0 atom stereocenters. The van der Waals surface area contributed by atoms with E-state index in [1.165, 1.54) is 0 Å². The fraction of sp³-hybridized carbons (Fsp3) is 0.900. The molecule has 0 rings (SSSR count). The van der Waals surface area contributed by atoms with Gasteiger partial charge in [0.1, 0.15) is 5.54 Å². The van der Waals surface area contributed by atoms with E-state index in [2.05, 4.69) is 5.32 Å². The second-order valence-electron chi connectivity index (χ2n) is 3.99. The largest absolute Gasteiger partial charge is 0.480 e. The Morgan fingerprint density at radius 3 is 2.29 bits per heavy atom. The zero-order valence-electron chi connectivity index (χ0n) is 9.05. The average Bonchev–Trinajstić information content (AvgIpc) is 2.10.